The van der Waals surface area contributed by atoms with Crippen LogP contribution in [0, 0.1) is 0 Å². The highest BCUT2D eigenvalue weighted by Crippen LogP contribution is 2.37. The molecule has 1 fully saturated rings. The minimum Gasteiger partial charge on any atom is -0.486 e. The van der Waals surface area contributed by atoms with Gasteiger partial charge < -0.3 is 14.8 Å². The van der Waals surface area contributed by atoms with Gasteiger partial charge in [-0.15, -0.1) is 0 Å². The largest absolute Gasteiger partial charge is 0.486 e. The standard InChI is InChI=1S/C17H20F3N3O4/c18-17(19,20)10-21-16(25)22-15(24)9-23-5-1-2-12(23)11-3-4-13-14(8-11)27-7-6-26-13/h3-4,8,12H,1-2,5-7,9-10H2,(H2,21,22,24,25)/t12-/m0/s1. The molecule has 0 unspecified atom stereocenters. The third-order valence-corrected chi connectivity index (χ3v) is 4.36. The van der Waals surface area contributed by atoms with Crippen LogP contribution in [0.5, 0.6) is 11.5 Å². The molecule has 2 aliphatic rings. The molecule has 2 aliphatic heterocycles. The van der Waals surface area contributed by atoms with E-state index in [1.165, 1.54) is 0 Å². The van der Waals surface area contributed by atoms with E-state index in [-0.39, 0.29) is 12.6 Å². The minimum atomic E-state index is -4.53. The van der Waals surface area contributed by atoms with Crippen molar-refractivity contribution in [2.45, 2.75) is 25.1 Å². The van der Waals surface area contributed by atoms with Crippen LogP contribution in [0.2, 0.25) is 0 Å². The SMILES string of the molecule is O=C(CN1CCC[C@H]1c1ccc2c(c1)OCCO2)NC(=O)NCC(F)(F)F. The number of hydrogen-bond acceptors (Lipinski definition) is 5. The lowest BCUT2D eigenvalue weighted by atomic mass is 10.0. The third-order valence-electron chi connectivity index (χ3n) is 4.36. The molecule has 0 radical (unpaired) electrons. The molecule has 2 N–H and O–H groups in total. The minimum absolute atomic E-state index is 0.0372. The molecule has 27 heavy (non-hydrogen) atoms. The molecule has 0 aromatic heterocycles. The molecule has 0 saturated carbocycles. The molecule has 1 saturated heterocycles. The average Bonchev–Trinajstić information content (AvgIpc) is 3.07. The van der Waals surface area contributed by atoms with Gasteiger partial charge >= 0.3 is 12.2 Å². The smallest absolute Gasteiger partial charge is 0.405 e. The van der Waals surface area contributed by atoms with E-state index in [9.17, 15) is 22.8 Å². The van der Waals surface area contributed by atoms with Gasteiger partial charge in [-0.25, -0.2) is 4.79 Å². The number of carbonyl (C=O) groups excluding carboxylic acids is 2. The summed E-state index contributed by atoms with van der Waals surface area (Å²) in [5.74, 6) is 0.675. The maximum Gasteiger partial charge on any atom is 0.405 e. The van der Waals surface area contributed by atoms with Crippen LogP contribution < -0.4 is 20.1 Å². The van der Waals surface area contributed by atoms with E-state index in [1.807, 2.05) is 28.4 Å². The number of carbonyl (C=O) groups is 2. The van der Waals surface area contributed by atoms with Gasteiger partial charge in [-0.1, -0.05) is 6.07 Å². The summed E-state index contributed by atoms with van der Waals surface area (Å²) in [5, 5.41) is 3.54. The van der Waals surface area contributed by atoms with E-state index < -0.39 is 24.7 Å². The Morgan fingerprint density at radius 2 is 1.93 bits per heavy atom. The number of nitrogens with one attached hydrogen (secondary N) is 2. The van der Waals surface area contributed by atoms with E-state index in [0.29, 0.717) is 31.3 Å². The Balaban J connectivity index is 1.56. The van der Waals surface area contributed by atoms with Gasteiger partial charge in [0.25, 0.3) is 0 Å². The molecule has 0 spiro atoms. The second-order valence-electron chi connectivity index (χ2n) is 6.38. The van der Waals surface area contributed by atoms with Crippen LogP contribution in [0.15, 0.2) is 18.2 Å². The van der Waals surface area contributed by atoms with Gasteiger partial charge in [0.05, 0.1) is 6.54 Å². The number of hydrogen-bond donors (Lipinski definition) is 2. The summed E-state index contributed by atoms with van der Waals surface area (Å²) in [6.07, 6.45) is -2.83. The number of urea groups is 1. The molecular weight excluding hydrogens is 367 g/mol. The first kappa shape index (κ1) is 19.3. The predicted octanol–water partition coefficient (Wildman–Crippen LogP) is 1.98. The lowest BCUT2D eigenvalue weighted by Crippen LogP contribution is -2.46. The number of likely N-dealkylation sites (tertiary alicyclic amines) is 1. The number of rotatable bonds is 4. The van der Waals surface area contributed by atoms with Gasteiger partial charge in [-0.05, 0) is 37.1 Å². The van der Waals surface area contributed by atoms with Gasteiger partial charge in [0.1, 0.15) is 19.8 Å². The molecule has 3 rings (SSSR count). The highest BCUT2D eigenvalue weighted by Gasteiger charge is 2.30. The van der Waals surface area contributed by atoms with Gasteiger partial charge in [0, 0.05) is 6.04 Å². The summed E-state index contributed by atoms with van der Waals surface area (Å²) in [7, 11) is 0. The number of alkyl halides is 3. The molecule has 1 aromatic carbocycles. The van der Waals surface area contributed by atoms with Crippen LogP contribution in [0.1, 0.15) is 24.4 Å². The van der Waals surface area contributed by atoms with Crippen LogP contribution >= 0.6 is 0 Å². The number of fused-ring (bicyclic) bond motifs is 1. The fraction of sp³-hybridized carbons (Fsp3) is 0.529. The Morgan fingerprint density at radius 1 is 1.19 bits per heavy atom. The highest BCUT2D eigenvalue weighted by molar-refractivity contribution is 5.95. The number of nitrogens with zero attached hydrogens (tertiary/aromatic N) is 1. The molecule has 1 atom stereocenters. The van der Waals surface area contributed by atoms with Crippen LogP contribution in [-0.2, 0) is 4.79 Å². The first-order valence-corrected chi connectivity index (χ1v) is 8.60. The van der Waals surface area contributed by atoms with E-state index in [2.05, 4.69) is 0 Å². The van der Waals surface area contributed by atoms with Crippen LogP contribution in [0.3, 0.4) is 0 Å². The molecule has 10 heteroatoms. The van der Waals surface area contributed by atoms with Crippen LogP contribution in [-0.4, -0.2) is 55.9 Å². The summed E-state index contributed by atoms with van der Waals surface area (Å²) in [6, 6.07) is 4.41. The van der Waals surface area contributed by atoms with Crippen molar-refractivity contribution in [3.8, 4) is 11.5 Å². The Hall–Kier alpha value is -2.49. The van der Waals surface area contributed by atoms with Gasteiger partial charge in [-0.2, -0.15) is 13.2 Å². The number of halogens is 3. The summed E-state index contributed by atoms with van der Waals surface area (Å²) in [5.41, 5.74) is 0.964. The maximum absolute atomic E-state index is 12.1. The van der Waals surface area contributed by atoms with E-state index >= 15 is 0 Å². The molecule has 7 nitrogen and oxygen atoms in total. The van der Waals surface area contributed by atoms with Gasteiger partial charge in [0.2, 0.25) is 5.91 Å². The normalized spacial score (nSPS) is 19.6. The van der Waals surface area contributed by atoms with E-state index in [0.717, 1.165) is 18.4 Å². The quantitative estimate of drug-likeness (QED) is 0.826. The number of ether oxygens (including phenoxy) is 2. The first-order chi connectivity index (χ1) is 12.8. The van der Waals surface area contributed by atoms with Crippen molar-refractivity contribution in [2.75, 3.05) is 32.8 Å². The zero-order valence-electron chi connectivity index (χ0n) is 14.5. The average molecular weight is 387 g/mol. The Labute approximate surface area is 153 Å². The second-order valence-corrected chi connectivity index (χ2v) is 6.38. The van der Waals surface area contributed by atoms with Crippen LogP contribution in [0.25, 0.3) is 0 Å². The lowest BCUT2D eigenvalue weighted by molar-refractivity contribution is -0.125. The fourth-order valence-corrected chi connectivity index (χ4v) is 3.24. The monoisotopic (exact) mass is 387 g/mol. The Morgan fingerprint density at radius 3 is 2.67 bits per heavy atom. The molecule has 0 bridgehead atoms. The van der Waals surface area contributed by atoms with Gasteiger partial charge in [0.15, 0.2) is 11.5 Å². The van der Waals surface area contributed by atoms with Crippen LogP contribution in [0.4, 0.5) is 18.0 Å². The third kappa shape index (κ3) is 5.25. The predicted molar refractivity (Wildman–Crippen MR) is 88.6 cm³/mol. The highest BCUT2D eigenvalue weighted by atomic mass is 19.4. The van der Waals surface area contributed by atoms with E-state index in [1.54, 1.807) is 5.32 Å². The summed E-state index contributed by atoms with van der Waals surface area (Å²) < 4.78 is 47.3. The topological polar surface area (TPSA) is 79.9 Å². The number of imide groups is 1. The second kappa shape index (κ2) is 8.03. The van der Waals surface area contributed by atoms with Crippen molar-refractivity contribution in [1.82, 2.24) is 15.5 Å². The zero-order chi connectivity index (χ0) is 19.4. The lowest BCUT2D eigenvalue weighted by Gasteiger charge is -2.26. The summed E-state index contributed by atoms with van der Waals surface area (Å²) >= 11 is 0. The summed E-state index contributed by atoms with van der Waals surface area (Å²) in [4.78, 5) is 25.3. The Bertz CT molecular complexity index is 711. The molecule has 2 heterocycles. The van der Waals surface area contributed by atoms with Crippen molar-refractivity contribution in [2.24, 2.45) is 0 Å². The fourth-order valence-electron chi connectivity index (χ4n) is 3.24. The maximum atomic E-state index is 12.1. The zero-order valence-corrected chi connectivity index (χ0v) is 14.5. The molecule has 3 amide bonds. The van der Waals surface area contributed by atoms with Crippen molar-refractivity contribution in [3.63, 3.8) is 0 Å². The number of amides is 3. The first-order valence-electron chi connectivity index (χ1n) is 8.60. The molecule has 0 aliphatic carbocycles. The van der Waals surface area contributed by atoms with Crippen molar-refractivity contribution in [3.05, 3.63) is 23.8 Å². The molecule has 1 aromatic rings. The number of benzene rings is 1. The van der Waals surface area contributed by atoms with Gasteiger partial charge in [-0.3, -0.25) is 15.0 Å². The van der Waals surface area contributed by atoms with Crippen molar-refractivity contribution >= 4 is 11.9 Å². The van der Waals surface area contributed by atoms with E-state index in [4.69, 9.17) is 9.47 Å². The van der Waals surface area contributed by atoms with Crippen molar-refractivity contribution in [1.29, 1.82) is 0 Å². The van der Waals surface area contributed by atoms with Crippen molar-refractivity contribution < 1.29 is 32.2 Å². The Kier molecular flexibility index (Phi) is 5.73. The molecular formula is C17H20F3N3O4. The molecule has 148 valence electrons. The summed E-state index contributed by atoms with van der Waals surface area (Å²) in [6.45, 7) is 0.0453.